The molecule has 0 bridgehead atoms. The van der Waals surface area contributed by atoms with Gasteiger partial charge in [-0.3, -0.25) is 4.99 Å². The number of nitrogens with two attached hydrogens (primary N) is 1. The van der Waals surface area contributed by atoms with Crippen LogP contribution >= 0.6 is 0 Å². The molecule has 2 N–H and O–H groups in total. The number of methoxy groups -OCH3 is 1. The maximum absolute atomic E-state index is 5.21. The number of rotatable bonds is 3. The molecule has 0 amide bonds. The summed E-state index contributed by atoms with van der Waals surface area (Å²) in [6.07, 6.45) is 3.15. The second-order valence-corrected chi connectivity index (χ2v) is 1.56. The van der Waals surface area contributed by atoms with Crippen molar-refractivity contribution in [2.24, 2.45) is 10.7 Å². The van der Waals surface area contributed by atoms with Gasteiger partial charge in [0.2, 0.25) is 0 Å². The molecule has 0 spiro atoms. The Morgan fingerprint density at radius 3 is 2.78 bits per heavy atom. The molecule has 0 aliphatic carbocycles. The van der Waals surface area contributed by atoms with Crippen molar-refractivity contribution in [2.45, 2.75) is 0 Å². The van der Waals surface area contributed by atoms with Crippen LogP contribution in [-0.4, -0.2) is 27.0 Å². The van der Waals surface area contributed by atoms with E-state index in [1.807, 2.05) is 0 Å². The van der Waals surface area contributed by atoms with Gasteiger partial charge in [0.25, 0.3) is 0 Å². The maximum Gasteiger partial charge on any atom is 0.0741 e. The zero-order chi connectivity index (χ0) is 7.11. The van der Waals surface area contributed by atoms with Crippen LogP contribution in [0, 0.1) is 0 Å². The average molecular weight is 128 g/mol. The molecule has 0 fully saturated rings. The van der Waals surface area contributed by atoms with Crippen LogP contribution in [0.3, 0.4) is 0 Å². The van der Waals surface area contributed by atoms with Crippen LogP contribution in [0.4, 0.5) is 0 Å². The van der Waals surface area contributed by atoms with Crippen LogP contribution in [0.15, 0.2) is 16.8 Å². The molecule has 0 aromatic rings. The highest BCUT2D eigenvalue weighted by atomic mass is 16.5. The lowest BCUT2D eigenvalue weighted by Crippen LogP contribution is -1.98. The lowest BCUT2D eigenvalue weighted by Gasteiger charge is -1.95. The molecule has 0 atom stereocenters. The minimum absolute atomic E-state index is 0.522. The second kappa shape index (κ2) is 5.31. The van der Waals surface area contributed by atoms with Crippen molar-refractivity contribution < 1.29 is 4.74 Å². The summed E-state index contributed by atoms with van der Waals surface area (Å²) in [4.78, 5) is 3.77. The van der Waals surface area contributed by atoms with Crippen molar-refractivity contribution in [2.75, 3.05) is 20.8 Å². The summed E-state index contributed by atoms with van der Waals surface area (Å²) in [5.74, 6) is 0. The minimum atomic E-state index is 0.522. The van der Waals surface area contributed by atoms with Gasteiger partial charge in [-0.1, -0.05) is 0 Å². The zero-order valence-corrected chi connectivity index (χ0v) is 5.79. The summed E-state index contributed by atoms with van der Waals surface area (Å²) in [6.45, 7) is 0.522. The SMILES string of the molecule is CN=CC(=CN)COC. The van der Waals surface area contributed by atoms with E-state index in [0.717, 1.165) is 5.57 Å². The van der Waals surface area contributed by atoms with Gasteiger partial charge in [0.05, 0.1) is 6.61 Å². The fraction of sp³-hybridized carbons (Fsp3) is 0.500. The van der Waals surface area contributed by atoms with Crippen LogP contribution in [0.2, 0.25) is 0 Å². The van der Waals surface area contributed by atoms with Gasteiger partial charge in [-0.2, -0.15) is 0 Å². The maximum atomic E-state index is 5.21. The second-order valence-electron chi connectivity index (χ2n) is 1.56. The topological polar surface area (TPSA) is 47.6 Å². The van der Waals surface area contributed by atoms with Crippen molar-refractivity contribution >= 4 is 6.21 Å². The quantitative estimate of drug-likeness (QED) is 0.551. The highest BCUT2D eigenvalue weighted by molar-refractivity contribution is 5.78. The Labute approximate surface area is 55.2 Å². The van der Waals surface area contributed by atoms with Gasteiger partial charge in [0.1, 0.15) is 0 Å². The predicted octanol–water partition coefficient (Wildman–Crippen LogP) is 0.176. The zero-order valence-electron chi connectivity index (χ0n) is 5.79. The Hall–Kier alpha value is -0.830. The van der Waals surface area contributed by atoms with Crippen LogP contribution in [0.5, 0.6) is 0 Å². The molecule has 0 aromatic heterocycles. The summed E-state index contributed by atoms with van der Waals surface area (Å²) in [5.41, 5.74) is 6.10. The van der Waals surface area contributed by atoms with E-state index in [2.05, 4.69) is 4.99 Å². The highest BCUT2D eigenvalue weighted by Crippen LogP contribution is 1.85. The van der Waals surface area contributed by atoms with E-state index in [9.17, 15) is 0 Å². The molecule has 0 heterocycles. The van der Waals surface area contributed by atoms with E-state index < -0.39 is 0 Å². The molecule has 0 saturated heterocycles. The van der Waals surface area contributed by atoms with E-state index in [4.69, 9.17) is 10.5 Å². The molecular weight excluding hydrogens is 116 g/mol. The summed E-state index contributed by atoms with van der Waals surface area (Å²) in [6, 6.07) is 0. The van der Waals surface area contributed by atoms with Crippen LogP contribution in [0.1, 0.15) is 0 Å². The molecule has 9 heavy (non-hydrogen) atoms. The number of nitrogens with zero attached hydrogens (tertiary/aromatic N) is 1. The monoisotopic (exact) mass is 128 g/mol. The average Bonchev–Trinajstić information content (AvgIpc) is 1.88. The molecular formula is C6H12N2O. The van der Waals surface area contributed by atoms with Crippen molar-refractivity contribution in [3.05, 3.63) is 11.8 Å². The van der Waals surface area contributed by atoms with E-state index in [1.54, 1.807) is 20.4 Å². The van der Waals surface area contributed by atoms with Gasteiger partial charge in [-0.25, -0.2) is 0 Å². The largest absolute Gasteiger partial charge is 0.404 e. The summed E-state index contributed by atoms with van der Waals surface area (Å²) >= 11 is 0. The number of ether oxygens (including phenoxy) is 1. The first-order chi connectivity index (χ1) is 4.35. The lowest BCUT2D eigenvalue weighted by atomic mass is 10.3. The molecule has 52 valence electrons. The summed E-state index contributed by atoms with van der Waals surface area (Å²) < 4.78 is 4.81. The third-order valence-electron chi connectivity index (χ3n) is 0.820. The molecule has 0 aliphatic rings. The third kappa shape index (κ3) is 3.73. The van der Waals surface area contributed by atoms with Gasteiger partial charge in [0.15, 0.2) is 0 Å². The van der Waals surface area contributed by atoms with Crippen molar-refractivity contribution in [1.29, 1.82) is 0 Å². The summed E-state index contributed by atoms with van der Waals surface area (Å²) in [7, 11) is 3.31. The predicted molar refractivity (Wildman–Crippen MR) is 38.6 cm³/mol. The number of hydrogen-bond acceptors (Lipinski definition) is 3. The van der Waals surface area contributed by atoms with E-state index >= 15 is 0 Å². The van der Waals surface area contributed by atoms with Gasteiger partial charge in [-0.15, -0.1) is 0 Å². The smallest absolute Gasteiger partial charge is 0.0741 e. The van der Waals surface area contributed by atoms with Gasteiger partial charge < -0.3 is 10.5 Å². The van der Waals surface area contributed by atoms with Crippen LogP contribution in [0.25, 0.3) is 0 Å². The first-order valence-corrected chi connectivity index (χ1v) is 2.67. The van der Waals surface area contributed by atoms with E-state index in [1.165, 1.54) is 6.20 Å². The Morgan fingerprint density at radius 1 is 1.78 bits per heavy atom. The van der Waals surface area contributed by atoms with Crippen LogP contribution in [-0.2, 0) is 4.74 Å². The minimum Gasteiger partial charge on any atom is -0.404 e. The van der Waals surface area contributed by atoms with Gasteiger partial charge in [-0.05, 0) is 0 Å². The molecule has 0 unspecified atom stereocenters. The highest BCUT2D eigenvalue weighted by Gasteiger charge is 1.86. The number of hydrogen-bond donors (Lipinski definition) is 1. The van der Waals surface area contributed by atoms with Gasteiger partial charge >= 0.3 is 0 Å². The Bertz CT molecular complexity index is 118. The van der Waals surface area contributed by atoms with Gasteiger partial charge in [0, 0.05) is 32.1 Å². The molecule has 0 rings (SSSR count). The Kier molecular flexibility index (Phi) is 4.82. The van der Waals surface area contributed by atoms with Crippen molar-refractivity contribution in [3.8, 4) is 0 Å². The molecule has 3 nitrogen and oxygen atoms in total. The molecule has 3 heteroatoms. The fourth-order valence-electron chi connectivity index (χ4n) is 0.461. The first-order valence-electron chi connectivity index (χ1n) is 2.67. The van der Waals surface area contributed by atoms with E-state index in [-0.39, 0.29) is 0 Å². The first kappa shape index (κ1) is 8.17. The van der Waals surface area contributed by atoms with Crippen molar-refractivity contribution in [1.82, 2.24) is 0 Å². The fourth-order valence-corrected chi connectivity index (χ4v) is 0.461. The summed E-state index contributed by atoms with van der Waals surface area (Å²) in [5, 5.41) is 0. The normalized spacial score (nSPS) is 12.9. The Balaban J connectivity index is 3.70. The molecule has 0 aliphatic heterocycles. The van der Waals surface area contributed by atoms with Crippen molar-refractivity contribution in [3.63, 3.8) is 0 Å². The lowest BCUT2D eigenvalue weighted by molar-refractivity contribution is 0.230. The Morgan fingerprint density at radius 2 is 2.44 bits per heavy atom. The van der Waals surface area contributed by atoms with E-state index in [0.29, 0.717) is 6.61 Å². The van der Waals surface area contributed by atoms with Crippen LogP contribution < -0.4 is 5.73 Å². The molecule has 0 saturated carbocycles. The molecule has 0 radical (unpaired) electrons. The molecule has 0 aromatic carbocycles. The standard InChI is InChI=1S/C6H12N2O/c1-8-4-6(3-7)5-9-2/h3-4H,5,7H2,1-2H3. The number of aliphatic imine (C=N–C) groups is 1. The third-order valence-corrected chi connectivity index (χ3v) is 0.820.